The SMILES string of the molecule is CC(=O)N1c2c(ccnc2OS(=O)(=O)C(F)(F)F)C(NC(=O)OCc2ccccc2)[C@@H](C)C1C1CC1. The molecule has 1 aromatic carbocycles. The molecule has 0 bridgehead atoms. The summed E-state index contributed by atoms with van der Waals surface area (Å²) in [6, 6.07) is 8.99. The van der Waals surface area contributed by atoms with E-state index in [9.17, 15) is 31.2 Å². The molecule has 2 amide bonds. The summed E-state index contributed by atoms with van der Waals surface area (Å²) in [6.45, 7) is 3.01. The van der Waals surface area contributed by atoms with Crippen molar-refractivity contribution in [3.05, 3.63) is 53.7 Å². The van der Waals surface area contributed by atoms with Crippen molar-refractivity contribution >= 4 is 27.8 Å². The molecule has 1 aromatic heterocycles. The van der Waals surface area contributed by atoms with Gasteiger partial charge in [-0.2, -0.15) is 21.6 Å². The smallest absolute Gasteiger partial charge is 0.445 e. The molecule has 0 spiro atoms. The minimum absolute atomic E-state index is 0.00830. The second kappa shape index (κ2) is 9.60. The first-order valence-electron chi connectivity index (χ1n) is 11.2. The van der Waals surface area contributed by atoms with E-state index in [2.05, 4.69) is 14.5 Å². The standard InChI is InChI=1S/C23H24F3N3O6S/c1-13-18(28-22(31)34-12-15-6-4-3-5-7-15)17-10-11-27-21(35-36(32,33)23(24,25)26)20(17)29(14(2)30)19(13)16-8-9-16/h3-7,10-11,13,16,18-19H,8-9,12H2,1-2H3,(H,28,31)/t13-,18?,19?/m1/s1. The lowest BCUT2D eigenvalue weighted by atomic mass is 9.80. The van der Waals surface area contributed by atoms with Crippen LogP contribution in [0.25, 0.3) is 0 Å². The van der Waals surface area contributed by atoms with Gasteiger partial charge in [-0.15, -0.1) is 0 Å². The van der Waals surface area contributed by atoms with Crippen molar-refractivity contribution in [3.63, 3.8) is 0 Å². The quantitative estimate of drug-likeness (QED) is 0.445. The number of pyridine rings is 1. The molecule has 3 atom stereocenters. The van der Waals surface area contributed by atoms with E-state index in [0.29, 0.717) is 0 Å². The average Bonchev–Trinajstić information content (AvgIpc) is 3.64. The largest absolute Gasteiger partial charge is 0.534 e. The van der Waals surface area contributed by atoms with Gasteiger partial charge in [0.05, 0.1) is 6.04 Å². The van der Waals surface area contributed by atoms with Crippen molar-refractivity contribution in [2.75, 3.05) is 4.90 Å². The summed E-state index contributed by atoms with van der Waals surface area (Å²) in [6.07, 6.45) is 1.80. The summed E-state index contributed by atoms with van der Waals surface area (Å²) >= 11 is 0. The fraction of sp³-hybridized carbons (Fsp3) is 0.435. The second-order valence-corrected chi connectivity index (χ2v) is 10.3. The van der Waals surface area contributed by atoms with E-state index in [0.717, 1.165) is 24.6 Å². The Morgan fingerprint density at radius 1 is 1.17 bits per heavy atom. The number of alkyl halides is 3. The molecule has 2 aliphatic rings. The number of fused-ring (bicyclic) bond motifs is 1. The van der Waals surface area contributed by atoms with Gasteiger partial charge < -0.3 is 19.1 Å². The van der Waals surface area contributed by atoms with Gasteiger partial charge in [0.15, 0.2) is 0 Å². The molecule has 2 heterocycles. The molecule has 9 nitrogen and oxygen atoms in total. The molecular weight excluding hydrogens is 503 g/mol. The molecule has 0 saturated heterocycles. The number of carbonyl (C=O) groups excluding carboxylic acids is 2. The molecule has 1 aliphatic carbocycles. The van der Waals surface area contributed by atoms with Gasteiger partial charge in [0, 0.05) is 30.6 Å². The minimum atomic E-state index is -6.06. The number of halogens is 3. The maximum absolute atomic E-state index is 13.1. The number of aromatic nitrogens is 1. The van der Waals surface area contributed by atoms with Crippen LogP contribution in [0.15, 0.2) is 42.6 Å². The number of amides is 2. The van der Waals surface area contributed by atoms with Crippen molar-refractivity contribution in [2.45, 2.75) is 50.9 Å². The van der Waals surface area contributed by atoms with Gasteiger partial charge in [-0.25, -0.2) is 9.78 Å². The van der Waals surface area contributed by atoms with E-state index in [1.54, 1.807) is 31.2 Å². The maximum atomic E-state index is 13.1. The number of hydrogen-bond donors (Lipinski definition) is 1. The Kier molecular flexibility index (Phi) is 6.86. The number of rotatable bonds is 6. The molecule has 4 rings (SSSR count). The van der Waals surface area contributed by atoms with Crippen LogP contribution >= 0.6 is 0 Å². The van der Waals surface area contributed by atoms with Crippen LogP contribution < -0.4 is 14.4 Å². The summed E-state index contributed by atoms with van der Waals surface area (Å²) in [4.78, 5) is 30.3. The second-order valence-electron chi connectivity index (χ2n) is 8.80. The first kappa shape index (κ1) is 25.7. The molecule has 2 aromatic rings. The third-order valence-electron chi connectivity index (χ3n) is 6.26. The zero-order valence-electron chi connectivity index (χ0n) is 19.4. The number of nitrogens with zero attached hydrogens (tertiary/aromatic N) is 2. The Hall–Kier alpha value is -3.35. The molecule has 0 radical (unpaired) electrons. The predicted molar refractivity (Wildman–Crippen MR) is 121 cm³/mol. The van der Waals surface area contributed by atoms with Gasteiger partial charge in [0.25, 0.3) is 5.88 Å². The first-order chi connectivity index (χ1) is 16.9. The highest BCUT2D eigenvalue weighted by Crippen LogP contribution is 2.51. The Balaban J connectivity index is 1.71. The highest BCUT2D eigenvalue weighted by atomic mass is 32.2. The lowest BCUT2D eigenvalue weighted by molar-refractivity contribution is -0.117. The van der Waals surface area contributed by atoms with Gasteiger partial charge in [-0.3, -0.25) is 4.79 Å². The minimum Gasteiger partial charge on any atom is -0.445 e. The van der Waals surface area contributed by atoms with Crippen LogP contribution in [0.4, 0.5) is 23.7 Å². The van der Waals surface area contributed by atoms with E-state index in [1.807, 2.05) is 6.07 Å². The van der Waals surface area contributed by atoms with Gasteiger partial charge >= 0.3 is 21.7 Å². The number of hydrogen-bond acceptors (Lipinski definition) is 7. The van der Waals surface area contributed by atoms with E-state index in [1.165, 1.54) is 17.9 Å². The summed E-state index contributed by atoms with van der Waals surface area (Å²) in [7, 11) is -6.06. The van der Waals surface area contributed by atoms with Crippen LogP contribution in [0.2, 0.25) is 0 Å². The summed E-state index contributed by atoms with van der Waals surface area (Å²) in [5, 5.41) is 2.73. The van der Waals surface area contributed by atoms with Crippen LogP contribution in [0.3, 0.4) is 0 Å². The zero-order chi connectivity index (χ0) is 26.3. The summed E-state index contributed by atoms with van der Waals surface area (Å²) < 4.78 is 72.4. The Morgan fingerprint density at radius 3 is 2.42 bits per heavy atom. The molecule has 194 valence electrons. The van der Waals surface area contributed by atoms with Gasteiger partial charge in [0.2, 0.25) is 5.91 Å². The Bertz CT molecular complexity index is 1250. The number of benzene rings is 1. The number of carbonyl (C=O) groups is 2. The summed E-state index contributed by atoms with van der Waals surface area (Å²) in [5.41, 5.74) is -4.98. The predicted octanol–water partition coefficient (Wildman–Crippen LogP) is 4.06. The highest BCUT2D eigenvalue weighted by Gasteiger charge is 2.52. The highest BCUT2D eigenvalue weighted by molar-refractivity contribution is 7.88. The van der Waals surface area contributed by atoms with Crippen molar-refractivity contribution in [2.24, 2.45) is 11.8 Å². The van der Waals surface area contributed by atoms with Crippen molar-refractivity contribution in [1.29, 1.82) is 0 Å². The molecule has 1 aliphatic heterocycles. The van der Waals surface area contributed by atoms with Crippen molar-refractivity contribution < 1.29 is 40.1 Å². The molecule has 1 N–H and O–H groups in total. The average molecular weight is 528 g/mol. The van der Waals surface area contributed by atoms with Crippen LogP contribution in [0.5, 0.6) is 5.88 Å². The zero-order valence-corrected chi connectivity index (χ0v) is 20.2. The third kappa shape index (κ3) is 5.11. The van der Waals surface area contributed by atoms with E-state index >= 15 is 0 Å². The molecular formula is C23H24F3N3O6S. The van der Waals surface area contributed by atoms with Crippen LogP contribution in [0, 0.1) is 11.8 Å². The van der Waals surface area contributed by atoms with Crippen LogP contribution in [-0.2, 0) is 26.3 Å². The number of ether oxygens (including phenoxy) is 1. The van der Waals surface area contributed by atoms with E-state index in [4.69, 9.17) is 4.74 Å². The lowest BCUT2D eigenvalue weighted by Gasteiger charge is -2.45. The molecule has 1 saturated carbocycles. The number of nitrogens with one attached hydrogen (secondary N) is 1. The van der Waals surface area contributed by atoms with Gasteiger partial charge in [0.1, 0.15) is 12.3 Å². The number of anilines is 1. The number of alkyl carbamates (subject to hydrolysis) is 1. The first-order valence-corrected chi connectivity index (χ1v) is 12.6. The molecule has 36 heavy (non-hydrogen) atoms. The lowest BCUT2D eigenvalue weighted by Crippen LogP contribution is -2.53. The van der Waals surface area contributed by atoms with Crippen LogP contribution in [-0.4, -0.2) is 37.0 Å². The normalized spacial score (nSPS) is 21.9. The molecule has 1 fully saturated rings. The topological polar surface area (TPSA) is 115 Å². The van der Waals surface area contributed by atoms with Crippen molar-refractivity contribution in [1.82, 2.24) is 10.3 Å². The third-order valence-corrected chi connectivity index (χ3v) is 7.21. The van der Waals surface area contributed by atoms with Crippen molar-refractivity contribution in [3.8, 4) is 5.88 Å². The Morgan fingerprint density at radius 2 is 1.83 bits per heavy atom. The molecule has 13 heteroatoms. The Labute approximate surface area is 205 Å². The fourth-order valence-corrected chi connectivity index (χ4v) is 4.99. The van der Waals surface area contributed by atoms with Crippen LogP contribution in [0.1, 0.15) is 43.9 Å². The van der Waals surface area contributed by atoms with E-state index < -0.39 is 45.6 Å². The van der Waals surface area contributed by atoms with Gasteiger partial charge in [-0.1, -0.05) is 37.3 Å². The summed E-state index contributed by atoms with van der Waals surface area (Å²) in [5.74, 6) is -1.78. The monoisotopic (exact) mass is 527 g/mol. The maximum Gasteiger partial charge on any atom is 0.534 e. The van der Waals surface area contributed by atoms with Gasteiger partial charge in [-0.05, 0) is 30.4 Å². The fourth-order valence-electron chi connectivity index (χ4n) is 4.56. The molecule has 2 unspecified atom stereocenters. The van der Waals surface area contributed by atoms with E-state index in [-0.39, 0.29) is 29.7 Å².